The summed E-state index contributed by atoms with van der Waals surface area (Å²) >= 11 is 0. The molecule has 0 bridgehead atoms. The highest BCUT2D eigenvalue weighted by Gasteiger charge is 2.35. The molecule has 2 fully saturated rings. The first-order chi connectivity index (χ1) is 10.3. The van der Waals surface area contributed by atoms with E-state index in [1.807, 2.05) is 12.1 Å². The van der Waals surface area contributed by atoms with Crippen LogP contribution in [0.1, 0.15) is 24.8 Å². The Bertz CT molecular complexity index is 503. The molecule has 3 rings (SSSR count). The second-order valence-electron chi connectivity index (χ2n) is 5.99. The lowest BCUT2D eigenvalue weighted by Gasteiger charge is -2.35. The number of cyclic esters (lactones) is 1. The fourth-order valence-corrected chi connectivity index (χ4v) is 3.55. The molecule has 0 spiro atoms. The number of carbonyl (C=O) groups is 1. The highest BCUT2D eigenvalue weighted by molar-refractivity contribution is 5.77. The SMILES string of the molecule is COc1ccccc1C[C@H]1CCCN([C@@H]2CCOC2=O)C1. The minimum atomic E-state index is -0.0343. The van der Waals surface area contributed by atoms with Crippen LogP contribution < -0.4 is 4.74 Å². The number of hydrogen-bond acceptors (Lipinski definition) is 4. The van der Waals surface area contributed by atoms with Crippen LogP contribution in [0.2, 0.25) is 0 Å². The van der Waals surface area contributed by atoms with Gasteiger partial charge in [-0.3, -0.25) is 9.69 Å². The van der Waals surface area contributed by atoms with Gasteiger partial charge in [0.25, 0.3) is 0 Å². The van der Waals surface area contributed by atoms with E-state index in [4.69, 9.17) is 9.47 Å². The van der Waals surface area contributed by atoms with Crippen molar-refractivity contribution in [3.05, 3.63) is 29.8 Å². The number of methoxy groups -OCH3 is 1. The molecule has 0 amide bonds. The Morgan fingerprint density at radius 2 is 2.19 bits per heavy atom. The number of likely N-dealkylation sites (tertiary alicyclic amines) is 1. The average Bonchev–Trinajstić information content (AvgIpc) is 2.94. The van der Waals surface area contributed by atoms with E-state index >= 15 is 0 Å². The van der Waals surface area contributed by atoms with Gasteiger partial charge in [0.1, 0.15) is 11.8 Å². The lowest BCUT2D eigenvalue weighted by molar-refractivity contribution is -0.142. The second kappa shape index (κ2) is 6.48. The highest BCUT2D eigenvalue weighted by Crippen LogP contribution is 2.28. The van der Waals surface area contributed by atoms with Crippen LogP contribution >= 0.6 is 0 Å². The lowest BCUT2D eigenvalue weighted by Crippen LogP contribution is -2.45. The van der Waals surface area contributed by atoms with E-state index in [-0.39, 0.29) is 12.0 Å². The van der Waals surface area contributed by atoms with Crippen molar-refractivity contribution in [2.75, 3.05) is 26.8 Å². The van der Waals surface area contributed by atoms with Crippen molar-refractivity contribution >= 4 is 5.97 Å². The van der Waals surface area contributed by atoms with Crippen molar-refractivity contribution in [2.24, 2.45) is 5.92 Å². The summed E-state index contributed by atoms with van der Waals surface area (Å²) in [4.78, 5) is 14.1. The molecule has 4 nitrogen and oxygen atoms in total. The number of piperidine rings is 1. The van der Waals surface area contributed by atoms with E-state index in [0.29, 0.717) is 12.5 Å². The van der Waals surface area contributed by atoms with E-state index in [9.17, 15) is 4.79 Å². The Hall–Kier alpha value is -1.55. The number of carbonyl (C=O) groups excluding carboxylic acids is 1. The largest absolute Gasteiger partial charge is 0.496 e. The number of para-hydroxylation sites is 1. The van der Waals surface area contributed by atoms with E-state index in [1.54, 1.807) is 7.11 Å². The highest BCUT2D eigenvalue weighted by atomic mass is 16.5. The van der Waals surface area contributed by atoms with Gasteiger partial charge in [-0.15, -0.1) is 0 Å². The first-order valence-electron chi connectivity index (χ1n) is 7.80. The molecule has 2 saturated heterocycles. The predicted molar refractivity (Wildman–Crippen MR) is 80.4 cm³/mol. The van der Waals surface area contributed by atoms with Gasteiger partial charge >= 0.3 is 5.97 Å². The van der Waals surface area contributed by atoms with Crippen molar-refractivity contribution in [3.63, 3.8) is 0 Å². The molecule has 0 unspecified atom stereocenters. The van der Waals surface area contributed by atoms with Gasteiger partial charge < -0.3 is 9.47 Å². The quantitative estimate of drug-likeness (QED) is 0.797. The minimum Gasteiger partial charge on any atom is -0.496 e. The van der Waals surface area contributed by atoms with E-state index < -0.39 is 0 Å². The summed E-state index contributed by atoms with van der Waals surface area (Å²) in [5.41, 5.74) is 1.26. The Morgan fingerprint density at radius 3 is 2.95 bits per heavy atom. The smallest absolute Gasteiger partial charge is 0.323 e. The zero-order valence-corrected chi connectivity index (χ0v) is 12.6. The first kappa shape index (κ1) is 14.4. The van der Waals surface area contributed by atoms with Gasteiger partial charge in [-0.2, -0.15) is 0 Å². The third-order valence-electron chi connectivity index (χ3n) is 4.60. The summed E-state index contributed by atoms with van der Waals surface area (Å²) in [6, 6.07) is 8.22. The van der Waals surface area contributed by atoms with Crippen molar-refractivity contribution < 1.29 is 14.3 Å². The second-order valence-corrected chi connectivity index (χ2v) is 5.99. The summed E-state index contributed by atoms with van der Waals surface area (Å²) in [5.74, 6) is 1.52. The molecule has 0 N–H and O–H groups in total. The standard InChI is InChI=1S/C17H23NO3/c1-20-16-7-3-2-6-14(16)11-13-5-4-9-18(12-13)15-8-10-21-17(15)19/h2-3,6-7,13,15H,4-5,8-12H2,1H3/t13-,15-/m1/s1. The number of rotatable bonds is 4. The molecule has 21 heavy (non-hydrogen) atoms. The maximum Gasteiger partial charge on any atom is 0.323 e. The fourth-order valence-electron chi connectivity index (χ4n) is 3.55. The molecule has 2 aliphatic rings. The normalized spacial score (nSPS) is 26.6. The number of nitrogens with zero attached hydrogens (tertiary/aromatic N) is 1. The summed E-state index contributed by atoms with van der Waals surface area (Å²) in [6.07, 6.45) is 4.24. The van der Waals surface area contributed by atoms with Crippen LogP contribution in [-0.2, 0) is 16.0 Å². The summed E-state index contributed by atoms with van der Waals surface area (Å²) < 4.78 is 10.6. The molecule has 0 aromatic heterocycles. The van der Waals surface area contributed by atoms with Crippen molar-refractivity contribution in [1.29, 1.82) is 0 Å². The van der Waals surface area contributed by atoms with E-state index in [1.165, 1.54) is 12.0 Å². The van der Waals surface area contributed by atoms with Gasteiger partial charge in [0.2, 0.25) is 0 Å². The minimum absolute atomic E-state index is 0.00883. The molecule has 4 heteroatoms. The molecule has 1 aromatic carbocycles. The maximum atomic E-state index is 11.8. The van der Waals surface area contributed by atoms with Crippen LogP contribution in [0, 0.1) is 5.92 Å². The van der Waals surface area contributed by atoms with Gasteiger partial charge in [0.15, 0.2) is 0 Å². The van der Waals surface area contributed by atoms with Crippen molar-refractivity contribution in [1.82, 2.24) is 4.90 Å². The predicted octanol–water partition coefficient (Wildman–Crippen LogP) is 2.27. The summed E-state index contributed by atoms with van der Waals surface area (Å²) in [5, 5.41) is 0. The van der Waals surface area contributed by atoms with Crippen LogP contribution in [0.4, 0.5) is 0 Å². The number of ether oxygens (including phenoxy) is 2. The molecule has 114 valence electrons. The Balaban J connectivity index is 1.64. The lowest BCUT2D eigenvalue weighted by atomic mass is 9.90. The third kappa shape index (κ3) is 3.21. The molecule has 0 saturated carbocycles. The molecule has 2 heterocycles. The number of hydrogen-bond donors (Lipinski definition) is 0. The average molecular weight is 289 g/mol. The molecule has 2 aliphatic heterocycles. The Morgan fingerprint density at radius 1 is 1.33 bits per heavy atom. The van der Waals surface area contributed by atoms with Crippen LogP contribution in [0.25, 0.3) is 0 Å². The summed E-state index contributed by atoms with van der Waals surface area (Å²) in [7, 11) is 1.72. The van der Waals surface area contributed by atoms with Gasteiger partial charge in [-0.05, 0) is 43.4 Å². The van der Waals surface area contributed by atoms with E-state index in [2.05, 4.69) is 17.0 Å². The van der Waals surface area contributed by atoms with Crippen LogP contribution in [0.5, 0.6) is 5.75 Å². The van der Waals surface area contributed by atoms with Crippen LogP contribution in [0.3, 0.4) is 0 Å². The Labute approximate surface area is 126 Å². The number of esters is 1. The van der Waals surface area contributed by atoms with Gasteiger partial charge in [-0.25, -0.2) is 0 Å². The van der Waals surface area contributed by atoms with Gasteiger partial charge in [0, 0.05) is 13.0 Å². The van der Waals surface area contributed by atoms with Crippen LogP contribution in [-0.4, -0.2) is 43.7 Å². The molecule has 0 aliphatic carbocycles. The molecular formula is C17H23NO3. The van der Waals surface area contributed by atoms with E-state index in [0.717, 1.165) is 38.1 Å². The van der Waals surface area contributed by atoms with Crippen molar-refractivity contribution in [2.45, 2.75) is 31.7 Å². The Kier molecular flexibility index (Phi) is 4.44. The zero-order chi connectivity index (χ0) is 14.7. The molecule has 1 aromatic rings. The third-order valence-corrected chi connectivity index (χ3v) is 4.60. The fraction of sp³-hybridized carbons (Fsp3) is 0.588. The maximum absolute atomic E-state index is 11.8. The molecule has 2 atom stereocenters. The molecule has 0 radical (unpaired) electrons. The van der Waals surface area contributed by atoms with Gasteiger partial charge in [-0.1, -0.05) is 18.2 Å². The van der Waals surface area contributed by atoms with Crippen LogP contribution in [0.15, 0.2) is 24.3 Å². The zero-order valence-electron chi connectivity index (χ0n) is 12.6. The molecular weight excluding hydrogens is 266 g/mol. The summed E-state index contributed by atoms with van der Waals surface area (Å²) in [6.45, 7) is 2.58. The first-order valence-corrected chi connectivity index (χ1v) is 7.80. The monoisotopic (exact) mass is 289 g/mol. The topological polar surface area (TPSA) is 38.8 Å². The number of benzene rings is 1. The van der Waals surface area contributed by atoms with Gasteiger partial charge in [0.05, 0.1) is 13.7 Å². The van der Waals surface area contributed by atoms with Crippen molar-refractivity contribution in [3.8, 4) is 5.75 Å².